The molecule has 1 fully saturated rings. The van der Waals surface area contributed by atoms with Crippen molar-refractivity contribution in [1.29, 1.82) is 0 Å². The van der Waals surface area contributed by atoms with Gasteiger partial charge in [-0.05, 0) is 43.2 Å². The smallest absolute Gasteiger partial charge is 0.305 e. The molecule has 2 aromatic rings. The van der Waals surface area contributed by atoms with Crippen molar-refractivity contribution in [2.45, 2.75) is 37.5 Å². The highest BCUT2D eigenvalue weighted by Gasteiger charge is 2.39. The average molecular weight is 459 g/mol. The maximum absolute atomic E-state index is 13.2. The summed E-state index contributed by atoms with van der Waals surface area (Å²) in [4.78, 5) is 38.5. The van der Waals surface area contributed by atoms with Crippen LogP contribution in [0.3, 0.4) is 0 Å². The van der Waals surface area contributed by atoms with Gasteiger partial charge in [0.2, 0.25) is 0 Å². The molecule has 2 heterocycles. The zero-order valence-corrected chi connectivity index (χ0v) is 18.2. The predicted octanol–water partition coefficient (Wildman–Crippen LogP) is 3.45. The molecule has 8 nitrogen and oxygen atoms in total. The largest absolute Gasteiger partial charge is 0.490 e. The average Bonchev–Trinajstić information content (AvgIpc) is 2.76. The van der Waals surface area contributed by atoms with Crippen molar-refractivity contribution in [3.05, 3.63) is 58.6 Å². The van der Waals surface area contributed by atoms with E-state index in [0.717, 1.165) is 0 Å². The van der Waals surface area contributed by atoms with Gasteiger partial charge < -0.3 is 24.8 Å². The number of nitrogens with one attached hydrogen (secondary N) is 1. The number of hydrogen-bond donors (Lipinski definition) is 2. The molecule has 168 valence electrons. The molecule has 1 saturated heterocycles. The number of rotatable bonds is 4. The van der Waals surface area contributed by atoms with Crippen molar-refractivity contribution >= 4 is 35.1 Å². The molecule has 2 aliphatic rings. The summed E-state index contributed by atoms with van der Waals surface area (Å²) in [5.74, 6) is -1.18. The van der Waals surface area contributed by atoms with Crippen LogP contribution in [0.5, 0.6) is 5.75 Å². The van der Waals surface area contributed by atoms with Gasteiger partial charge in [0.1, 0.15) is 18.5 Å². The summed E-state index contributed by atoms with van der Waals surface area (Å²) in [6, 6.07) is 11.3. The van der Waals surface area contributed by atoms with Crippen molar-refractivity contribution in [1.82, 2.24) is 4.90 Å². The predicted molar refractivity (Wildman–Crippen MR) is 117 cm³/mol. The first-order valence-corrected chi connectivity index (χ1v) is 10.7. The molecule has 0 unspecified atom stereocenters. The summed E-state index contributed by atoms with van der Waals surface area (Å²) in [5, 5.41) is 12.2. The van der Waals surface area contributed by atoms with E-state index < -0.39 is 18.2 Å². The number of carboxylic acid groups (broad SMARTS) is 1. The minimum atomic E-state index is -0.915. The fourth-order valence-corrected chi connectivity index (χ4v) is 4.37. The van der Waals surface area contributed by atoms with Crippen LogP contribution in [-0.2, 0) is 9.53 Å². The van der Waals surface area contributed by atoms with Crippen molar-refractivity contribution in [2.24, 2.45) is 0 Å². The minimum Gasteiger partial charge on any atom is -0.490 e. The Hall–Kier alpha value is -3.10. The number of ether oxygens (including phenoxy) is 2. The van der Waals surface area contributed by atoms with Gasteiger partial charge in [-0.3, -0.25) is 14.4 Å². The number of fused-ring (bicyclic) bond motifs is 2. The van der Waals surface area contributed by atoms with Crippen molar-refractivity contribution in [3.8, 4) is 5.75 Å². The number of carboxylic acids is 1. The lowest BCUT2D eigenvalue weighted by Crippen LogP contribution is -2.53. The Kier molecular flexibility index (Phi) is 6.34. The molecule has 0 bridgehead atoms. The number of benzene rings is 2. The van der Waals surface area contributed by atoms with E-state index in [4.69, 9.17) is 26.2 Å². The molecule has 0 spiro atoms. The molecule has 0 aromatic heterocycles. The van der Waals surface area contributed by atoms with E-state index in [1.54, 1.807) is 54.4 Å². The van der Waals surface area contributed by atoms with Crippen LogP contribution in [0.4, 0.5) is 5.69 Å². The van der Waals surface area contributed by atoms with Gasteiger partial charge in [-0.25, -0.2) is 0 Å². The topological polar surface area (TPSA) is 105 Å². The highest BCUT2D eigenvalue weighted by molar-refractivity contribution is 6.34. The number of halogens is 1. The first-order chi connectivity index (χ1) is 15.3. The van der Waals surface area contributed by atoms with E-state index in [2.05, 4.69) is 5.32 Å². The van der Waals surface area contributed by atoms with Crippen LogP contribution in [0.2, 0.25) is 5.02 Å². The molecule has 0 saturated carbocycles. The first-order valence-electron chi connectivity index (χ1n) is 10.3. The second kappa shape index (κ2) is 9.18. The molecule has 2 N–H and O–H groups in total. The summed E-state index contributed by atoms with van der Waals surface area (Å²) in [5.41, 5.74) is 1.10. The van der Waals surface area contributed by atoms with Crippen molar-refractivity contribution < 1.29 is 29.0 Å². The Morgan fingerprint density at radius 3 is 2.75 bits per heavy atom. The van der Waals surface area contributed by atoms with Gasteiger partial charge >= 0.3 is 5.97 Å². The van der Waals surface area contributed by atoms with Crippen LogP contribution < -0.4 is 10.1 Å². The Morgan fingerprint density at radius 1 is 1.22 bits per heavy atom. The molecule has 2 amide bonds. The number of aliphatic carboxylic acids is 1. The van der Waals surface area contributed by atoms with Gasteiger partial charge in [-0.2, -0.15) is 0 Å². The molecule has 3 atom stereocenters. The van der Waals surface area contributed by atoms with Gasteiger partial charge in [0.15, 0.2) is 0 Å². The number of amides is 2. The van der Waals surface area contributed by atoms with E-state index in [-0.39, 0.29) is 30.9 Å². The molecular weight excluding hydrogens is 436 g/mol. The Balaban J connectivity index is 1.55. The minimum absolute atomic E-state index is 0.0774. The highest BCUT2D eigenvalue weighted by atomic mass is 35.5. The van der Waals surface area contributed by atoms with Gasteiger partial charge in [0.25, 0.3) is 11.8 Å². The number of carbonyl (C=O) groups excluding carboxylic acids is 2. The fourth-order valence-electron chi connectivity index (χ4n) is 4.14. The van der Waals surface area contributed by atoms with Crippen LogP contribution in [0.15, 0.2) is 42.5 Å². The number of nitrogens with zero attached hydrogens (tertiary/aromatic N) is 1. The van der Waals surface area contributed by atoms with Crippen LogP contribution in [0.1, 0.15) is 40.0 Å². The lowest BCUT2D eigenvalue weighted by atomic mass is 9.94. The summed E-state index contributed by atoms with van der Waals surface area (Å²) in [6.07, 6.45) is 0.265. The summed E-state index contributed by atoms with van der Waals surface area (Å²) < 4.78 is 11.8. The van der Waals surface area contributed by atoms with Gasteiger partial charge in [-0.1, -0.05) is 23.7 Å². The second-order valence-corrected chi connectivity index (χ2v) is 8.32. The Bertz CT molecular complexity index is 1060. The van der Waals surface area contributed by atoms with Crippen LogP contribution in [0.25, 0.3) is 0 Å². The molecule has 2 aromatic carbocycles. The second-order valence-electron chi connectivity index (χ2n) is 7.91. The Morgan fingerprint density at radius 2 is 2.00 bits per heavy atom. The Labute approximate surface area is 190 Å². The van der Waals surface area contributed by atoms with Crippen LogP contribution >= 0.6 is 11.6 Å². The number of likely N-dealkylation sites (N-methyl/N-ethyl adjacent to an activating group) is 1. The first kappa shape index (κ1) is 22.1. The van der Waals surface area contributed by atoms with Gasteiger partial charge in [0, 0.05) is 12.7 Å². The summed E-state index contributed by atoms with van der Waals surface area (Å²) >= 11 is 6.10. The van der Waals surface area contributed by atoms with E-state index in [1.165, 1.54) is 0 Å². The molecule has 0 radical (unpaired) electrons. The summed E-state index contributed by atoms with van der Waals surface area (Å²) in [6.45, 7) is 0.191. The fraction of sp³-hybridized carbons (Fsp3) is 0.348. The molecule has 2 aliphatic heterocycles. The number of hydrogen-bond acceptors (Lipinski definition) is 5. The monoisotopic (exact) mass is 458 g/mol. The lowest BCUT2D eigenvalue weighted by Gasteiger charge is -2.42. The summed E-state index contributed by atoms with van der Waals surface area (Å²) in [7, 11) is 1.70. The maximum Gasteiger partial charge on any atom is 0.305 e. The maximum atomic E-state index is 13.2. The standard InChI is InChI=1S/C23H23ClN2O6/c1-26-18-8-7-14(11-21(27)28)32-20(18)12-31-19-9-6-13(10-16(19)23(26)30)25-22(29)15-4-2-3-5-17(15)24/h2-6,9-10,14,18,20H,7-8,11-12H2,1H3,(H,25,29)(H,27,28)/t14-,18+,20-/m0/s1. The van der Waals surface area contributed by atoms with Gasteiger partial charge in [0.05, 0.1) is 34.7 Å². The molecule has 4 rings (SSSR count). The third-order valence-electron chi connectivity index (χ3n) is 5.79. The quantitative estimate of drug-likeness (QED) is 0.727. The van der Waals surface area contributed by atoms with E-state index in [1.807, 2.05) is 0 Å². The highest BCUT2D eigenvalue weighted by Crippen LogP contribution is 2.32. The molecule has 9 heteroatoms. The third-order valence-corrected chi connectivity index (χ3v) is 6.12. The number of anilines is 1. The van der Waals surface area contributed by atoms with Crippen molar-refractivity contribution in [3.63, 3.8) is 0 Å². The zero-order chi connectivity index (χ0) is 22.8. The normalized spacial score (nSPS) is 22.6. The van der Waals surface area contributed by atoms with E-state index >= 15 is 0 Å². The SMILES string of the molecule is CN1C(=O)c2cc(NC(=O)c3ccccc3Cl)ccc2OC[C@@H]2O[C@H](CC(=O)O)CC[C@H]21. The van der Waals surface area contributed by atoms with E-state index in [9.17, 15) is 14.4 Å². The number of carbonyl (C=O) groups is 3. The zero-order valence-electron chi connectivity index (χ0n) is 17.4. The molecule has 0 aliphatic carbocycles. The lowest BCUT2D eigenvalue weighted by molar-refractivity contribution is -0.148. The third kappa shape index (κ3) is 4.56. The van der Waals surface area contributed by atoms with Gasteiger partial charge in [-0.15, -0.1) is 0 Å². The van der Waals surface area contributed by atoms with E-state index in [0.29, 0.717) is 40.4 Å². The van der Waals surface area contributed by atoms with Crippen LogP contribution in [0, 0.1) is 0 Å². The van der Waals surface area contributed by atoms with Crippen molar-refractivity contribution in [2.75, 3.05) is 19.0 Å². The molecular formula is C23H23ClN2O6. The van der Waals surface area contributed by atoms with Crippen LogP contribution in [-0.4, -0.2) is 59.7 Å². The molecule has 32 heavy (non-hydrogen) atoms.